The number of carbonyl (C=O) groups excluding carboxylic acids is 1. The Morgan fingerprint density at radius 2 is 1.77 bits per heavy atom. The van der Waals surface area contributed by atoms with Gasteiger partial charge >= 0.3 is 0 Å². The third kappa shape index (κ3) is 4.43. The summed E-state index contributed by atoms with van der Waals surface area (Å²) >= 11 is 0. The normalized spacial score (nSPS) is 11.0. The van der Waals surface area contributed by atoms with E-state index in [1.807, 2.05) is 68.4 Å². The van der Waals surface area contributed by atoms with Crippen LogP contribution >= 0.6 is 0 Å². The first-order valence-corrected chi connectivity index (χ1v) is 8.87. The maximum atomic E-state index is 12.7. The summed E-state index contributed by atoms with van der Waals surface area (Å²) in [5, 5.41) is 3.69. The Hall–Kier alpha value is -2.79. The number of fused-ring (bicyclic) bond motifs is 1. The van der Waals surface area contributed by atoms with Crippen LogP contribution in [0, 0.1) is 0 Å². The number of nitrogens with one attached hydrogen (secondary N) is 1. The van der Waals surface area contributed by atoms with Crippen LogP contribution in [0.3, 0.4) is 0 Å². The molecular formula is C21H23N3O2. The van der Waals surface area contributed by atoms with Crippen molar-refractivity contribution < 1.29 is 9.53 Å². The molecular weight excluding hydrogens is 326 g/mol. The van der Waals surface area contributed by atoms with Crippen molar-refractivity contribution in [1.82, 2.24) is 15.3 Å². The van der Waals surface area contributed by atoms with Crippen molar-refractivity contribution in [2.24, 2.45) is 0 Å². The Morgan fingerprint density at radius 3 is 2.54 bits per heavy atom. The Kier molecular flexibility index (Phi) is 5.92. The molecule has 134 valence electrons. The molecule has 3 rings (SSSR count). The molecule has 1 amide bonds. The van der Waals surface area contributed by atoms with Gasteiger partial charge in [-0.25, -0.2) is 9.97 Å². The van der Waals surface area contributed by atoms with E-state index in [-0.39, 0.29) is 12.0 Å². The van der Waals surface area contributed by atoms with Gasteiger partial charge < -0.3 is 10.1 Å². The SMILES string of the molecule is CC(C)OCCCNC(=O)c1nc(-c2ccccc2)nc2ccccc12. The molecule has 0 aliphatic heterocycles. The molecule has 0 aliphatic carbocycles. The van der Waals surface area contributed by atoms with Gasteiger partial charge in [-0.1, -0.05) is 48.5 Å². The number of benzene rings is 2. The molecule has 0 atom stereocenters. The molecule has 2 aromatic carbocycles. The Labute approximate surface area is 153 Å². The number of hydrogen-bond acceptors (Lipinski definition) is 4. The number of rotatable bonds is 7. The average molecular weight is 349 g/mol. The number of aromatic nitrogens is 2. The lowest BCUT2D eigenvalue weighted by Crippen LogP contribution is -2.27. The molecule has 0 saturated carbocycles. The molecule has 5 nitrogen and oxygen atoms in total. The summed E-state index contributed by atoms with van der Waals surface area (Å²) in [6.45, 7) is 5.16. The predicted molar refractivity (Wildman–Crippen MR) is 103 cm³/mol. The van der Waals surface area contributed by atoms with Gasteiger partial charge in [-0.3, -0.25) is 4.79 Å². The molecule has 0 spiro atoms. The topological polar surface area (TPSA) is 64.1 Å². The highest BCUT2D eigenvalue weighted by Crippen LogP contribution is 2.21. The number of hydrogen-bond donors (Lipinski definition) is 1. The maximum Gasteiger partial charge on any atom is 0.270 e. The fourth-order valence-electron chi connectivity index (χ4n) is 2.64. The van der Waals surface area contributed by atoms with Gasteiger partial charge in [0.05, 0.1) is 11.6 Å². The average Bonchev–Trinajstić information content (AvgIpc) is 2.67. The molecule has 1 aromatic heterocycles. The number of ether oxygens (including phenoxy) is 1. The highest BCUT2D eigenvalue weighted by Gasteiger charge is 2.15. The third-order valence-electron chi connectivity index (χ3n) is 3.91. The van der Waals surface area contributed by atoms with Crippen molar-refractivity contribution in [2.45, 2.75) is 26.4 Å². The Balaban J connectivity index is 1.83. The van der Waals surface area contributed by atoms with Crippen LogP contribution in [0.1, 0.15) is 30.8 Å². The van der Waals surface area contributed by atoms with Gasteiger partial charge in [0, 0.05) is 24.1 Å². The largest absolute Gasteiger partial charge is 0.379 e. The smallest absolute Gasteiger partial charge is 0.270 e. The zero-order chi connectivity index (χ0) is 18.4. The minimum atomic E-state index is -0.190. The quantitative estimate of drug-likeness (QED) is 0.658. The first-order valence-electron chi connectivity index (χ1n) is 8.87. The van der Waals surface area contributed by atoms with E-state index in [1.54, 1.807) is 0 Å². The monoisotopic (exact) mass is 349 g/mol. The zero-order valence-corrected chi connectivity index (χ0v) is 15.1. The molecule has 0 aliphatic rings. The molecule has 0 bridgehead atoms. The lowest BCUT2D eigenvalue weighted by atomic mass is 10.1. The van der Waals surface area contributed by atoms with Crippen LogP contribution in [-0.2, 0) is 4.74 Å². The van der Waals surface area contributed by atoms with E-state index in [4.69, 9.17) is 4.74 Å². The highest BCUT2D eigenvalue weighted by molar-refractivity contribution is 6.04. The summed E-state index contributed by atoms with van der Waals surface area (Å²) in [5.41, 5.74) is 2.05. The number of nitrogens with zero attached hydrogens (tertiary/aromatic N) is 2. The summed E-state index contributed by atoms with van der Waals surface area (Å²) < 4.78 is 5.50. The van der Waals surface area contributed by atoms with Crippen molar-refractivity contribution >= 4 is 16.8 Å². The van der Waals surface area contributed by atoms with Gasteiger partial charge in [0.2, 0.25) is 0 Å². The number of para-hydroxylation sites is 1. The van der Waals surface area contributed by atoms with Gasteiger partial charge in [0.25, 0.3) is 5.91 Å². The van der Waals surface area contributed by atoms with Gasteiger partial charge in [0.15, 0.2) is 5.82 Å². The fourth-order valence-corrected chi connectivity index (χ4v) is 2.64. The van der Waals surface area contributed by atoms with Gasteiger partial charge in [0.1, 0.15) is 5.69 Å². The standard InChI is InChI=1S/C21H23N3O2/c1-15(2)26-14-8-13-22-21(25)19-17-11-6-7-12-18(17)23-20(24-19)16-9-4-3-5-10-16/h3-7,9-12,15H,8,13-14H2,1-2H3,(H,22,25). The number of carbonyl (C=O) groups is 1. The van der Waals surface area contributed by atoms with Gasteiger partial charge in [-0.05, 0) is 26.3 Å². The van der Waals surface area contributed by atoms with Crippen molar-refractivity contribution in [2.75, 3.05) is 13.2 Å². The summed E-state index contributed by atoms with van der Waals surface area (Å²) in [6, 6.07) is 17.3. The summed E-state index contributed by atoms with van der Waals surface area (Å²) in [4.78, 5) is 21.8. The van der Waals surface area contributed by atoms with Gasteiger partial charge in [-0.15, -0.1) is 0 Å². The molecule has 0 fully saturated rings. The fraction of sp³-hybridized carbons (Fsp3) is 0.286. The first-order chi connectivity index (χ1) is 12.6. The van der Waals surface area contributed by atoms with Crippen LogP contribution in [-0.4, -0.2) is 35.1 Å². The second-order valence-electron chi connectivity index (χ2n) is 6.31. The second-order valence-corrected chi connectivity index (χ2v) is 6.31. The lowest BCUT2D eigenvalue weighted by Gasteiger charge is -2.10. The molecule has 1 heterocycles. The predicted octanol–water partition coefficient (Wildman–Crippen LogP) is 3.84. The van der Waals surface area contributed by atoms with Crippen molar-refractivity contribution in [3.63, 3.8) is 0 Å². The van der Waals surface area contributed by atoms with Crippen LogP contribution in [0.15, 0.2) is 54.6 Å². The minimum absolute atomic E-state index is 0.190. The van der Waals surface area contributed by atoms with Crippen LogP contribution < -0.4 is 5.32 Å². The molecule has 1 N–H and O–H groups in total. The van der Waals surface area contributed by atoms with Gasteiger partial charge in [-0.2, -0.15) is 0 Å². The minimum Gasteiger partial charge on any atom is -0.379 e. The second kappa shape index (κ2) is 8.54. The highest BCUT2D eigenvalue weighted by atomic mass is 16.5. The summed E-state index contributed by atoms with van der Waals surface area (Å²) in [6.07, 6.45) is 0.961. The van der Waals surface area contributed by atoms with E-state index in [9.17, 15) is 4.79 Å². The Morgan fingerprint density at radius 1 is 1.04 bits per heavy atom. The van der Waals surface area contributed by atoms with Crippen molar-refractivity contribution in [3.8, 4) is 11.4 Å². The lowest BCUT2D eigenvalue weighted by molar-refractivity contribution is 0.0756. The van der Waals surface area contributed by atoms with E-state index >= 15 is 0 Å². The van der Waals surface area contributed by atoms with E-state index in [0.29, 0.717) is 24.7 Å². The van der Waals surface area contributed by atoms with E-state index in [0.717, 1.165) is 22.9 Å². The summed E-state index contributed by atoms with van der Waals surface area (Å²) in [5.74, 6) is 0.364. The first kappa shape index (κ1) is 18.0. The van der Waals surface area contributed by atoms with Crippen molar-refractivity contribution in [3.05, 3.63) is 60.3 Å². The van der Waals surface area contributed by atoms with Crippen molar-refractivity contribution in [1.29, 1.82) is 0 Å². The summed E-state index contributed by atoms with van der Waals surface area (Å²) in [7, 11) is 0. The van der Waals surface area contributed by atoms with E-state index in [1.165, 1.54) is 0 Å². The molecule has 0 saturated heterocycles. The molecule has 0 unspecified atom stereocenters. The zero-order valence-electron chi connectivity index (χ0n) is 15.1. The van der Waals surface area contributed by atoms with Crippen LogP contribution in [0.25, 0.3) is 22.3 Å². The van der Waals surface area contributed by atoms with E-state index in [2.05, 4.69) is 15.3 Å². The molecule has 3 aromatic rings. The Bertz CT molecular complexity index is 879. The van der Waals surface area contributed by atoms with E-state index < -0.39 is 0 Å². The third-order valence-corrected chi connectivity index (χ3v) is 3.91. The number of amides is 1. The van der Waals surface area contributed by atoms with Crippen LogP contribution in [0.5, 0.6) is 0 Å². The molecule has 26 heavy (non-hydrogen) atoms. The van der Waals surface area contributed by atoms with Crippen LogP contribution in [0.2, 0.25) is 0 Å². The molecule has 0 radical (unpaired) electrons. The molecule has 5 heteroatoms. The maximum absolute atomic E-state index is 12.7. The van der Waals surface area contributed by atoms with Crippen LogP contribution in [0.4, 0.5) is 0 Å².